The highest BCUT2D eigenvalue weighted by Gasteiger charge is 2.84. The highest BCUT2D eigenvalue weighted by atomic mass is 16.6. The monoisotopic (exact) mass is 830 g/mol. The Morgan fingerprint density at radius 2 is 1.57 bits per heavy atom. The van der Waals surface area contributed by atoms with Gasteiger partial charge in [0.15, 0.2) is 23.6 Å². The molecule has 3 saturated carbocycles. The standard InChI is InChI=1S/C45H54N2O13/c1-23-29(58-39(53)33(50)32(26-15-11-9-12-16-26)46-40(54)47-41(4,5)6)21-45(55)37(59-38(52)27-17-13-10-14-18-27)35-43(36(51)34(57-24(2)48)31(23)42(45,7)8)20-28(43)19-30-44(35,22-56-30)60-25(3)49/h9-18,28,30-35,37,50,55H,19-22H2,1-8H3,(H2,46,47,54)/t28-,30-,31?,32+,33-,34-,35+,37+,43?,44+,45-/m1/s1. The molecule has 15 nitrogen and oxygen atoms in total. The minimum absolute atomic E-state index is 0.147. The molecule has 5 aliphatic rings. The van der Waals surface area contributed by atoms with Crippen LogP contribution in [0.5, 0.6) is 0 Å². The van der Waals surface area contributed by atoms with Crippen LogP contribution in [-0.2, 0) is 42.9 Å². The van der Waals surface area contributed by atoms with Crippen LogP contribution in [0, 0.1) is 28.6 Å². The van der Waals surface area contributed by atoms with Gasteiger partial charge >= 0.3 is 29.9 Å². The number of carbonyl (C=O) groups is 6. The number of aliphatic hydroxyl groups excluding tert-OH is 1. The fourth-order valence-corrected chi connectivity index (χ4v) is 10.6. The summed E-state index contributed by atoms with van der Waals surface area (Å²) in [4.78, 5) is 83.0. The van der Waals surface area contributed by atoms with Crippen LogP contribution in [0.15, 0.2) is 72.0 Å². The van der Waals surface area contributed by atoms with Crippen LogP contribution in [0.3, 0.4) is 0 Å². The maximum absolute atomic E-state index is 15.5. The van der Waals surface area contributed by atoms with Crippen molar-refractivity contribution in [3.8, 4) is 0 Å². The molecule has 0 radical (unpaired) electrons. The molecule has 2 amide bonds. The van der Waals surface area contributed by atoms with E-state index in [-0.39, 0.29) is 35.8 Å². The van der Waals surface area contributed by atoms with Gasteiger partial charge in [-0.25, -0.2) is 14.4 Å². The first-order chi connectivity index (χ1) is 28.1. The van der Waals surface area contributed by atoms with Gasteiger partial charge in [0, 0.05) is 42.6 Å². The molecule has 1 saturated heterocycles. The molecule has 0 aromatic heterocycles. The van der Waals surface area contributed by atoms with Gasteiger partial charge in [-0.2, -0.15) is 0 Å². The number of fused-ring (bicyclic) bond motifs is 4. The third-order valence-electron chi connectivity index (χ3n) is 13.4. The molecule has 1 aliphatic heterocycles. The van der Waals surface area contributed by atoms with Crippen LogP contribution in [0.4, 0.5) is 4.79 Å². The number of carbonyl (C=O) groups excluding carboxylic acids is 6. The molecule has 2 aromatic carbocycles. The zero-order valence-corrected chi connectivity index (χ0v) is 35.1. The molecule has 2 unspecified atom stereocenters. The molecule has 15 heteroatoms. The van der Waals surface area contributed by atoms with Crippen molar-refractivity contribution in [2.45, 2.75) is 122 Å². The Morgan fingerprint density at radius 1 is 0.933 bits per heavy atom. The number of urea groups is 1. The fourth-order valence-electron chi connectivity index (χ4n) is 10.6. The zero-order chi connectivity index (χ0) is 43.7. The first-order valence-corrected chi connectivity index (χ1v) is 20.3. The van der Waals surface area contributed by atoms with Gasteiger partial charge in [0.25, 0.3) is 0 Å². The maximum atomic E-state index is 15.5. The lowest BCUT2D eigenvalue weighted by Gasteiger charge is -2.64. The van der Waals surface area contributed by atoms with Crippen molar-refractivity contribution in [1.82, 2.24) is 10.6 Å². The molecule has 4 N–H and O–H groups in total. The summed E-state index contributed by atoms with van der Waals surface area (Å²) in [6.45, 7) is 12.4. The lowest BCUT2D eigenvalue weighted by Crippen LogP contribution is -2.78. The van der Waals surface area contributed by atoms with Crippen LogP contribution in [0.25, 0.3) is 0 Å². The van der Waals surface area contributed by atoms with Gasteiger partial charge in [0.1, 0.15) is 23.6 Å². The summed E-state index contributed by atoms with van der Waals surface area (Å²) in [6.07, 6.45) is -5.76. The molecule has 60 heavy (non-hydrogen) atoms. The molecule has 322 valence electrons. The predicted octanol–water partition coefficient (Wildman–Crippen LogP) is 4.25. The minimum atomic E-state index is -2.24. The normalized spacial score (nSPS) is 33.3. The van der Waals surface area contributed by atoms with Crippen LogP contribution in [0.2, 0.25) is 0 Å². The van der Waals surface area contributed by atoms with Gasteiger partial charge in [-0.3, -0.25) is 14.4 Å². The SMILES string of the molecule is CC(=O)O[C@H]1C(=O)C23C[C@H]2C[C@H]2OC[C@@]2(OC(C)=O)[C@H]3[C@H](OC(=O)c2ccccc2)[C@]2(O)CC(OC(=O)[C@H](O)[C@@H](NC(=O)NC(C)(C)C)c3ccccc3)=C(C)C1C2(C)C. The van der Waals surface area contributed by atoms with E-state index in [0.717, 1.165) is 6.92 Å². The van der Waals surface area contributed by atoms with E-state index in [4.69, 9.17) is 23.7 Å². The Labute approximate surface area is 348 Å². The van der Waals surface area contributed by atoms with E-state index >= 15 is 4.79 Å². The van der Waals surface area contributed by atoms with Gasteiger partial charge < -0.3 is 44.5 Å². The number of hydrogen-bond acceptors (Lipinski definition) is 13. The Balaban J connectivity index is 1.37. The number of aliphatic hydroxyl groups is 2. The number of benzene rings is 2. The second-order valence-electron chi connectivity index (χ2n) is 18.6. The number of esters is 4. The maximum Gasteiger partial charge on any atom is 0.342 e. The highest BCUT2D eigenvalue weighted by Crippen LogP contribution is 2.75. The molecule has 2 bridgehead atoms. The van der Waals surface area contributed by atoms with Gasteiger partial charge in [0.05, 0.1) is 24.1 Å². The van der Waals surface area contributed by atoms with Crippen molar-refractivity contribution in [3.05, 3.63) is 83.1 Å². The fraction of sp³-hybridized carbons (Fsp3) is 0.556. The summed E-state index contributed by atoms with van der Waals surface area (Å²) < 4.78 is 30.6. The Kier molecular flexibility index (Phi) is 10.8. The molecule has 2 aromatic rings. The van der Waals surface area contributed by atoms with Gasteiger partial charge in [-0.05, 0) is 69.7 Å². The van der Waals surface area contributed by atoms with E-state index in [1.807, 2.05) is 0 Å². The Hall–Kier alpha value is -5.12. The van der Waals surface area contributed by atoms with Crippen molar-refractivity contribution >= 4 is 35.7 Å². The first kappa shape index (κ1) is 43.0. The summed E-state index contributed by atoms with van der Waals surface area (Å²) in [5.74, 6) is -6.91. The molecule has 11 atom stereocenters. The van der Waals surface area contributed by atoms with E-state index in [2.05, 4.69) is 10.6 Å². The summed E-state index contributed by atoms with van der Waals surface area (Å²) in [5, 5.41) is 30.8. The lowest BCUT2D eigenvalue weighted by molar-refractivity contribution is -0.326. The highest BCUT2D eigenvalue weighted by molar-refractivity contribution is 5.96. The topological polar surface area (TPSA) is 213 Å². The summed E-state index contributed by atoms with van der Waals surface area (Å²) >= 11 is 0. The van der Waals surface area contributed by atoms with Crippen LogP contribution >= 0.6 is 0 Å². The Bertz CT molecular complexity index is 2110. The molecule has 7 rings (SSSR count). The van der Waals surface area contributed by atoms with Gasteiger partial charge in [0.2, 0.25) is 0 Å². The van der Waals surface area contributed by atoms with Gasteiger partial charge in [-0.1, -0.05) is 62.4 Å². The third-order valence-corrected chi connectivity index (χ3v) is 13.4. The van der Waals surface area contributed by atoms with E-state index < -0.39 is 112 Å². The van der Waals surface area contributed by atoms with Crippen molar-refractivity contribution in [3.63, 3.8) is 0 Å². The van der Waals surface area contributed by atoms with Crippen molar-refractivity contribution in [1.29, 1.82) is 0 Å². The molecule has 4 fully saturated rings. The van der Waals surface area contributed by atoms with E-state index in [1.165, 1.54) is 19.1 Å². The Morgan fingerprint density at radius 3 is 2.13 bits per heavy atom. The average Bonchev–Trinajstić information content (AvgIpc) is 3.90. The van der Waals surface area contributed by atoms with Gasteiger partial charge in [-0.15, -0.1) is 0 Å². The summed E-state index contributed by atoms with van der Waals surface area (Å²) in [7, 11) is 0. The number of ketones is 1. The third kappa shape index (κ3) is 7.07. The first-order valence-electron chi connectivity index (χ1n) is 20.3. The van der Waals surface area contributed by atoms with Crippen molar-refractivity contribution in [2.24, 2.45) is 28.6 Å². The lowest BCUT2D eigenvalue weighted by atomic mass is 9.47. The number of ether oxygens (including phenoxy) is 5. The van der Waals surface area contributed by atoms with Crippen molar-refractivity contribution in [2.75, 3.05) is 6.61 Å². The quantitative estimate of drug-likeness (QED) is 0.206. The average molecular weight is 831 g/mol. The second kappa shape index (κ2) is 15.1. The van der Waals surface area contributed by atoms with E-state index in [9.17, 15) is 34.2 Å². The minimum Gasteiger partial charge on any atom is -0.455 e. The number of rotatable bonds is 9. The largest absolute Gasteiger partial charge is 0.455 e. The van der Waals surface area contributed by atoms with E-state index in [1.54, 1.807) is 90.1 Å². The predicted molar refractivity (Wildman–Crippen MR) is 211 cm³/mol. The van der Waals surface area contributed by atoms with E-state index in [0.29, 0.717) is 12.0 Å². The van der Waals surface area contributed by atoms with Crippen LogP contribution in [-0.4, -0.2) is 93.7 Å². The smallest absolute Gasteiger partial charge is 0.342 e. The molecule has 1 heterocycles. The molecular formula is C45H54N2O13. The summed E-state index contributed by atoms with van der Waals surface area (Å²) in [6, 6.07) is 14.4. The second-order valence-corrected chi connectivity index (χ2v) is 18.6. The molecular weight excluding hydrogens is 776 g/mol. The molecule has 4 aliphatic carbocycles. The number of Topliss-reactive ketones (excluding diaryl/α,β-unsaturated/α-hetero) is 1. The molecule has 1 spiro atoms. The summed E-state index contributed by atoms with van der Waals surface area (Å²) in [5.41, 5.74) is -6.51. The van der Waals surface area contributed by atoms with Crippen LogP contribution < -0.4 is 10.6 Å². The van der Waals surface area contributed by atoms with Crippen LogP contribution in [0.1, 0.15) is 96.6 Å². The number of hydrogen-bond donors (Lipinski definition) is 4. The number of nitrogens with one attached hydrogen (secondary N) is 2. The number of amides is 2. The van der Waals surface area contributed by atoms with Crippen molar-refractivity contribution < 1.29 is 62.7 Å². The zero-order valence-electron chi connectivity index (χ0n) is 35.1.